The molecule has 0 saturated carbocycles. The monoisotopic (exact) mass is 1250 g/mol. The van der Waals surface area contributed by atoms with Crippen LogP contribution >= 0.6 is 0 Å². The maximum Gasteiger partial charge on any atom is 0.305 e. The van der Waals surface area contributed by atoms with Crippen molar-refractivity contribution < 1.29 is 24.5 Å². The maximum atomic E-state index is 12.5. The largest absolute Gasteiger partial charge is 0.466 e. The van der Waals surface area contributed by atoms with Crippen LogP contribution in [0.5, 0.6) is 0 Å². The molecule has 3 N–H and O–H groups in total. The molecule has 526 valence electrons. The number of unbranched alkanes of at least 4 members (excludes halogenated alkanes) is 62. The summed E-state index contributed by atoms with van der Waals surface area (Å²) in [4.78, 5) is 24.6. The van der Waals surface area contributed by atoms with Gasteiger partial charge >= 0.3 is 5.97 Å². The Morgan fingerprint density at radius 2 is 0.584 bits per heavy atom. The minimum atomic E-state index is -0.841. The molecule has 0 saturated heterocycles. The molecule has 0 aromatic rings. The van der Waals surface area contributed by atoms with Crippen LogP contribution < -0.4 is 5.32 Å². The number of carbonyl (C=O) groups excluding carboxylic acids is 2. The highest BCUT2D eigenvalue weighted by atomic mass is 16.5. The van der Waals surface area contributed by atoms with E-state index in [-0.39, 0.29) is 18.5 Å². The molecule has 0 radical (unpaired) electrons. The van der Waals surface area contributed by atoms with E-state index in [0.29, 0.717) is 19.4 Å². The third-order valence-electron chi connectivity index (χ3n) is 19.1. The van der Waals surface area contributed by atoms with Crippen molar-refractivity contribution in [3.8, 4) is 0 Å². The van der Waals surface area contributed by atoms with E-state index in [1.54, 1.807) is 6.08 Å². The molecule has 0 spiro atoms. The van der Waals surface area contributed by atoms with Gasteiger partial charge in [-0.25, -0.2) is 0 Å². The number of allylic oxidation sites excluding steroid dienone is 5. The third-order valence-corrected chi connectivity index (χ3v) is 19.1. The molecule has 0 aromatic heterocycles. The van der Waals surface area contributed by atoms with Crippen LogP contribution in [0.25, 0.3) is 0 Å². The lowest BCUT2D eigenvalue weighted by Crippen LogP contribution is -2.45. The van der Waals surface area contributed by atoms with E-state index in [2.05, 4.69) is 43.5 Å². The summed E-state index contributed by atoms with van der Waals surface area (Å²) in [5, 5.41) is 23.3. The number of hydrogen-bond donors (Lipinski definition) is 3. The standard InChI is InChI=1S/C83H159NO5/c1-3-5-7-9-11-13-15-17-18-19-20-42-45-48-52-55-59-63-67-71-75-81(86)80(79-85)84-82(87)76-72-68-64-60-56-53-49-46-43-40-38-36-34-32-30-28-26-24-22-21-23-25-27-29-31-33-35-37-39-41-44-47-50-54-58-62-66-70-74-78-89-83(88)77-73-69-65-61-57-51-16-14-12-10-8-6-4-2/h8,10,14,16,71,75,80-81,85-86H,3-7,9,11-13,15,17-70,72-74,76-79H2,1-2H3,(H,84,87)/b10-8-,16-14-,75-71+. The first-order chi connectivity index (χ1) is 44.0. The summed E-state index contributed by atoms with van der Waals surface area (Å²) >= 11 is 0. The number of rotatable bonds is 77. The van der Waals surface area contributed by atoms with Gasteiger partial charge in [0.2, 0.25) is 5.91 Å². The molecule has 2 atom stereocenters. The van der Waals surface area contributed by atoms with E-state index in [4.69, 9.17) is 4.74 Å². The summed E-state index contributed by atoms with van der Waals surface area (Å²) in [5.74, 6) is -0.0484. The van der Waals surface area contributed by atoms with Gasteiger partial charge in [-0.1, -0.05) is 423 Å². The van der Waals surface area contributed by atoms with Crippen molar-refractivity contribution in [3.63, 3.8) is 0 Å². The first kappa shape index (κ1) is 87.1. The van der Waals surface area contributed by atoms with E-state index in [1.165, 1.54) is 379 Å². The molecule has 0 rings (SSSR count). The van der Waals surface area contributed by atoms with Crippen LogP contribution in [0.1, 0.15) is 457 Å². The predicted molar refractivity (Wildman–Crippen MR) is 393 cm³/mol. The summed E-state index contributed by atoms with van der Waals surface area (Å²) in [6, 6.07) is -0.624. The number of carbonyl (C=O) groups is 2. The lowest BCUT2D eigenvalue weighted by atomic mass is 10.0. The zero-order valence-corrected chi connectivity index (χ0v) is 60.4. The molecule has 0 aliphatic rings. The summed E-state index contributed by atoms with van der Waals surface area (Å²) in [6.45, 7) is 4.88. The number of aliphatic hydroxyl groups is 2. The van der Waals surface area contributed by atoms with E-state index in [1.807, 2.05) is 6.08 Å². The van der Waals surface area contributed by atoms with Crippen molar-refractivity contribution >= 4 is 11.9 Å². The molecule has 1 amide bonds. The first-order valence-corrected chi connectivity index (χ1v) is 40.8. The van der Waals surface area contributed by atoms with Crippen molar-refractivity contribution in [2.75, 3.05) is 13.2 Å². The average molecular weight is 1250 g/mol. The lowest BCUT2D eigenvalue weighted by molar-refractivity contribution is -0.143. The Hall–Kier alpha value is -1.92. The van der Waals surface area contributed by atoms with Gasteiger partial charge in [0.15, 0.2) is 0 Å². The Labute approximate surface area is 557 Å². The second-order valence-electron chi connectivity index (χ2n) is 28.1. The van der Waals surface area contributed by atoms with Gasteiger partial charge in [-0.2, -0.15) is 0 Å². The fraction of sp³-hybridized carbons (Fsp3) is 0.904. The molecule has 0 aliphatic carbocycles. The van der Waals surface area contributed by atoms with E-state index < -0.39 is 12.1 Å². The van der Waals surface area contributed by atoms with E-state index in [0.717, 1.165) is 51.4 Å². The fourth-order valence-corrected chi connectivity index (χ4v) is 13.0. The number of ether oxygens (including phenoxy) is 1. The molecule has 0 fully saturated rings. The topological polar surface area (TPSA) is 95.9 Å². The molecule has 0 bridgehead atoms. The quantitative estimate of drug-likeness (QED) is 0.0320. The highest BCUT2D eigenvalue weighted by molar-refractivity contribution is 5.76. The van der Waals surface area contributed by atoms with Crippen molar-refractivity contribution in [2.24, 2.45) is 0 Å². The molecular weight excluding hydrogens is 1090 g/mol. The summed E-state index contributed by atoms with van der Waals surface area (Å²) < 4.78 is 5.49. The van der Waals surface area contributed by atoms with Crippen LogP contribution in [0.4, 0.5) is 0 Å². The van der Waals surface area contributed by atoms with E-state index >= 15 is 0 Å². The van der Waals surface area contributed by atoms with Crippen LogP contribution in [0.2, 0.25) is 0 Å². The second kappa shape index (κ2) is 78.5. The molecular formula is C83H159NO5. The Morgan fingerprint density at radius 1 is 0.315 bits per heavy atom. The van der Waals surface area contributed by atoms with Crippen molar-refractivity contribution in [2.45, 2.75) is 469 Å². The Bertz CT molecular complexity index is 1440. The maximum absolute atomic E-state index is 12.5. The Morgan fingerprint density at radius 3 is 0.899 bits per heavy atom. The number of amides is 1. The van der Waals surface area contributed by atoms with E-state index in [9.17, 15) is 19.8 Å². The summed E-state index contributed by atoms with van der Waals surface area (Å²) in [5.41, 5.74) is 0. The van der Waals surface area contributed by atoms with Gasteiger partial charge in [-0.15, -0.1) is 0 Å². The van der Waals surface area contributed by atoms with Gasteiger partial charge in [-0.05, 0) is 57.8 Å². The molecule has 0 aliphatic heterocycles. The summed E-state index contributed by atoms with van der Waals surface area (Å²) in [7, 11) is 0. The van der Waals surface area contributed by atoms with Gasteiger partial charge in [-0.3, -0.25) is 9.59 Å². The first-order valence-electron chi connectivity index (χ1n) is 40.8. The second-order valence-corrected chi connectivity index (χ2v) is 28.1. The third kappa shape index (κ3) is 75.0. The Kier molecular flexibility index (Phi) is 76.8. The zero-order valence-electron chi connectivity index (χ0n) is 60.4. The van der Waals surface area contributed by atoms with Gasteiger partial charge in [0.1, 0.15) is 0 Å². The average Bonchev–Trinajstić information content (AvgIpc) is 3.55. The van der Waals surface area contributed by atoms with Crippen LogP contribution in [-0.4, -0.2) is 47.4 Å². The SMILES string of the molecule is CCC/C=C\C/C=C\CCCCCCCC(=O)OCCCCCCCCCCCCCCCCCCCCCCCCCCCCCCCCCCCCCCCCCC(=O)NC(CO)C(O)/C=C/CCCCCCCCCCCCCCCCCCCC. The molecule has 6 nitrogen and oxygen atoms in total. The molecule has 2 unspecified atom stereocenters. The number of nitrogens with one attached hydrogen (secondary N) is 1. The van der Waals surface area contributed by atoms with Crippen molar-refractivity contribution in [3.05, 3.63) is 36.5 Å². The van der Waals surface area contributed by atoms with Crippen LogP contribution in [0.3, 0.4) is 0 Å². The molecule has 89 heavy (non-hydrogen) atoms. The lowest BCUT2D eigenvalue weighted by Gasteiger charge is -2.20. The van der Waals surface area contributed by atoms with Crippen LogP contribution in [0, 0.1) is 0 Å². The van der Waals surface area contributed by atoms with Gasteiger partial charge in [0, 0.05) is 12.8 Å². The van der Waals surface area contributed by atoms with Crippen LogP contribution in [0.15, 0.2) is 36.5 Å². The Balaban J connectivity index is 3.32. The minimum absolute atomic E-state index is 0.00898. The smallest absolute Gasteiger partial charge is 0.305 e. The zero-order chi connectivity index (χ0) is 64.2. The van der Waals surface area contributed by atoms with Crippen molar-refractivity contribution in [1.29, 1.82) is 0 Å². The fourth-order valence-electron chi connectivity index (χ4n) is 13.0. The molecule has 0 aromatic carbocycles. The van der Waals surface area contributed by atoms with Gasteiger partial charge in [0.25, 0.3) is 0 Å². The number of hydrogen-bond acceptors (Lipinski definition) is 5. The molecule has 6 heteroatoms. The molecule has 0 heterocycles. The van der Waals surface area contributed by atoms with Crippen LogP contribution in [-0.2, 0) is 14.3 Å². The highest BCUT2D eigenvalue weighted by Gasteiger charge is 2.18. The van der Waals surface area contributed by atoms with Gasteiger partial charge < -0.3 is 20.3 Å². The van der Waals surface area contributed by atoms with Gasteiger partial charge in [0.05, 0.1) is 25.4 Å². The number of aliphatic hydroxyl groups excluding tert-OH is 2. The minimum Gasteiger partial charge on any atom is -0.466 e. The normalized spacial score (nSPS) is 12.6. The summed E-state index contributed by atoms with van der Waals surface area (Å²) in [6.07, 6.45) is 103. The number of esters is 1. The predicted octanol–water partition coefficient (Wildman–Crippen LogP) is 27.0. The van der Waals surface area contributed by atoms with Crippen molar-refractivity contribution in [1.82, 2.24) is 5.32 Å². The highest BCUT2D eigenvalue weighted by Crippen LogP contribution is 2.20.